The molecule has 1 aliphatic carbocycles. The van der Waals surface area contributed by atoms with E-state index < -0.39 is 17.6 Å². The van der Waals surface area contributed by atoms with E-state index in [1.165, 1.54) is 16.8 Å². The average Bonchev–Trinajstić information content (AvgIpc) is 2.87. The Morgan fingerprint density at radius 2 is 1.88 bits per heavy atom. The molecule has 1 aromatic carbocycles. The minimum atomic E-state index is -4.39. The van der Waals surface area contributed by atoms with Crippen molar-refractivity contribution in [3.05, 3.63) is 52.3 Å². The van der Waals surface area contributed by atoms with Gasteiger partial charge in [0, 0.05) is 6.42 Å². The van der Waals surface area contributed by atoms with Crippen LogP contribution in [0.1, 0.15) is 50.5 Å². The Morgan fingerprint density at radius 1 is 1.21 bits per heavy atom. The summed E-state index contributed by atoms with van der Waals surface area (Å²) >= 11 is 0. The van der Waals surface area contributed by atoms with Gasteiger partial charge in [-0.05, 0) is 30.5 Å². The van der Waals surface area contributed by atoms with Crippen molar-refractivity contribution in [3.63, 3.8) is 0 Å². The summed E-state index contributed by atoms with van der Waals surface area (Å²) in [7, 11) is 0. The summed E-state index contributed by atoms with van der Waals surface area (Å²) in [5.41, 5.74) is 5.93. The zero-order chi connectivity index (χ0) is 17.5. The van der Waals surface area contributed by atoms with E-state index in [-0.39, 0.29) is 23.6 Å². The number of alkyl halides is 3. The quantitative estimate of drug-likeness (QED) is 0.935. The first kappa shape index (κ1) is 16.2. The third-order valence-electron chi connectivity index (χ3n) is 4.00. The summed E-state index contributed by atoms with van der Waals surface area (Å²) in [6.07, 6.45) is -2.85. The monoisotopic (exact) mass is 337 g/mol. The lowest BCUT2D eigenvalue weighted by atomic mass is 9.94. The van der Waals surface area contributed by atoms with Gasteiger partial charge in [-0.15, -0.1) is 0 Å². The lowest BCUT2D eigenvalue weighted by molar-refractivity contribution is -0.137. The molecule has 0 saturated carbocycles. The van der Waals surface area contributed by atoms with Gasteiger partial charge in [0.05, 0.1) is 23.4 Å². The molecule has 1 aliphatic rings. The number of carbonyl (C=O) groups excluding carboxylic acids is 2. The van der Waals surface area contributed by atoms with Crippen LogP contribution in [0.4, 0.5) is 13.2 Å². The number of aromatic nitrogens is 2. The molecular weight excluding hydrogens is 323 g/mol. The number of amides is 1. The van der Waals surface area contributed by atoms with Gasteiger partial charge in [-0.3, -0.25) is 14.3 Å². The molecule has 0 fully saturated rings. The number of ketones is 1. The van der Waals surface area contributed by atoms with Gasteiger partial charge in [-0.25, -0.2) is 0 Å². The molecule has 0 bridgehead atoms. The first-order chi connectivity index (χ1) is 11.3. The molecule has 1 aromatic heterocycles. The second-order valence-corrected chi connectivity index (χ2v) is 5.66. The van der Waals surface area contributed by atoms with Gasteiger partial charge in [-0.1, -0.05) is 12.1 Å². The van der Waals surface area contributed by atoms with Crippen molar-refractivity contribution in [1.82, 2.24) is 9.78 Å². The van der Waals surface area contributed by atoms with Crippen LogP contribution in [-0.4, -0.2) is 21.5 Å². The fourth-order valence-electron chi connectivity index (χ4n) is 2.86. The minimum absolute atomic E-state index is 0.0680. The van der Waals surface area contributed by atoms with Crippen LogP contribution in [0.2, 0.25) is 0 Å². The summed E-state index contributed by atoms with van der Waals surface area (Å²) in [4.78, 5) is 23.6. The predicted molar refractivity (Wildman–Crippen MR) is 78.6 cm³/mol. The van der Waals surface area contributed by atoms with Gasteiger partial charge < -0.3 is 5.73 Å². The summed E-state index contributed by atoms with van der Waals surface area (Å²) in [6, 6.07) is 4.69. The number of nitrogens with two attached hydrogens (primary N) is 1. The average molecular weight is 337 g/mol. The highest BCUT2D eigenvalue weighted by Crippen LogP contribution is 2.30. The number of halogens is 3. The Balaban J connectivity index is 1.95. The predicted octanol–water partition coefficient (Wildman–Crippen LogP) is 2.57. The number of fused-ring (bicyclic) bond motifs is 1. The number of benzene rings is 1. The van der Waals surface area contributed by atoms with Crippen LogP contribution < -0.4 is 5.73 Å². The highest BCUT2D eigenvalue weighted by Gasteiger charge is 2.31. The fraction of sp³-hybridized carbons (Fsp3) is 0.312. The molecule has 2 aromatic rings. The third-order valence-corrected chi connectivity index (χ3v) is 4.00. The lowest BCUT2D eigenvalue weighted by Crippen LogP contribution is -2.18. The molecule has 0 atom stereocenters. The summed E-state index contributed by atoms with van der Waals surface area (Å²) in [5, 5.41) is 4.11. The number of carbonyl (C=O) groups is 2. The molecule has 1 heterocycles. The Morgan fingerprint density at radius 3 is 2.46 bits per heavy atom. The molecule has 0 radical (unpaired) electrons. The van der Waals surface area contributed by atoms with Gasteiger partial charge in [0.25, 0.3) is 5.91 Å². The van der Waals surface area contributed by atoms with Crippen LogP contribution in [0, 0.1) is 0 Å². The summed E-state index contributed by atoms with van der Waals surface area (Å²) in [6.45, 7) is 0.168. The van der Waals surface area contributed by atoms with E-state index >= 15 is 0 Å². The smallest absolute Gasteiger partial charge is 0.364 e. The van der Waals surface area contributed by atoms with Crippen LogP contribution in [0.15, 0.2) is 24.3 Å². The SMILES string of the molecule is NC(=O)c1nn(Cc2ccc(C(F)(F)F)cc2)c2c1C(=O)CCC2. The number of hydrogen-bond donors (Lipinski definition) is 1. The molecule has 3 rings (SSSR count). The summed E-state index contributed by atoms with van der Waals surface area (Å²) < 4.78 is 39.3. The van der Waals surface area contributed by atoms with Crippen molar-refractivity contribution in [1.29, 1.82) is 0 Å². The Labute approximate surface area is 135 Å². The second kappa shape index (κ2) is 5.77. The maximum Gasteiger partial charge on any atom is 0.416 e. The molecule has 0 saturated heterocycles. The highest BCUT2D eigenvalue weighted by atomic mass is 19.4. The van der Waals surface area contributed by atoms with Crippen molar-refractivity contribution in [2.45, 2.75) is 32.0 Å². The lowest BCUT2D eigenvalue weighted by Gasteiger charge is -2.13. The van der Waals surface area contributed by atoms with Crippen LogP contribution in [0.5, 0.6) is 0 Å². The van der Waals surface area contributed by atoms with Crippen LogP contribution >= 0.6 is 0 Å². The van der Waals surface area contributed by atoms with E-state index in [1.807, 2.05) is 0 Å². The molecule has 126 valence electrons. The standard InChI is InChI=1S/C16H14F3N3O2/c17-16(18,19)10-6-4-9(5-7-10)8-22-11-2-1-3-12(23)13(11)14(21-22)15(20)24/h4-7H,1-3,8H2,(H2,20,24). The van der Waals surface area contributed by atoms with Gasteiger partial charge >= 0.3 is 6.18 Å². The fourth-order valence-corrected chi connectivity index (χ4v) is 2.86. The Kier molecular flexibility index (Phi) is 3.90. The number of Topliss-reactive ketones (excluding diaryl/α,β-unsaturated/α-hetero) is 1. The zero-order valence-electron chi connectivity index (χ0n) is 12.6. The largest absolute Gasteiger partial charge is 0.416 e. The van der Waals surface area contributed by atoms with Crippen molar-refractivity contribution >= 4 is 11.7 Å². The van der Waals surface area contributed by atoms with Gasteiger partial charge in [0.2, 0.25) is 0 Å². The molecule has 5 nitrogen and oxygen atoms in total. The maximum absolute atomic E-state index is 12.6. The molecule has 1 amide bonds. The Bertz CT molecular complexity index is 807. The van der Waals surface area contributed by atoms with Crippen molar-refractivity contribution < 1.29 is 22.8 Å². The van der Waals surface area contributed by atoms with E-state index in [1.54, 1.807) is 0 Å². The first-order valence-electron chi connectivity index (χ1n) is 7.36. The van der Waals surface area contributed by atoms with E-state index in [0.717, 1.165) is 12.1 Å². The topological polar surface area (TPSA) is 78.0 Å². The molecule has 0 spiro atoms. The van der Waals surface area contributed by atoms with E-state index in [0.29, 0.717) is 30.5 Å². The van der Waals surface area contributed by atoms with Gasteiger partial charge in [-0.2, -0.15) is 18.3 Å². The van der Waals surface area contributed by atoms with Crippen molar-refractivity contribution in [2.24, 2.45) is 5.73 Å². The van der Waals surface area contributed by atoms with E-state index in [2.05, 4.69) is 5.10 Å². The number of nitrogens with zero attached hydrogens (tertiary/aromatic N) is 2. The van der Waals surface area contributed by atoms with Gasteiger partial charge in [0.1, 0.15) is 0 Å². The molecule has 24 heavy (non-hydrogen) atoms. The zero-order valence-corrected chi connectivity index (χ0v) is 12.6. The van der Waals surface area contributed by atoms with Crippen molar-refractivity contribution in [2.75, 3.05) is 0 Å². The van der Waals surface area contributed by atoms with Crippen LogP contribution in [-0.2, 0) is 19.1 Å². The number of primary amides is 1. The molecule has 8 heteroatoms. The second-order valence-electron chi connectivity index (χ2n) is 5.66. The molecular formula is C16H14F3N3O2. The van der Waals surface area contributed by atoms with E-state index in [9.17, 15) is 22.8 Å². The summed E-state index contributed by atoms with van der Waals surface area (Å²) in [5.74, 6) is -0.962. The van der Waals surface area contributed by atoms with Crippen LogP contribution in [0.25, 0.3) is 0 Å². The van der Waals surface area contributed by atoms with Crippen molar-refractivity contribution in [3.8, 4) is 0 Å². The van der Waals surface area contributed by atoms with E-state index in [4.69, 9.17) is 5.73 Å². The first-order valence-corrected chi connectivity index (χ1v) is 7.36. The Hall–Kier alpha value is -2.64. The van der Waals surface area contributed by atoms with Gasteiger partial charge in [0.15, 0.2) is 11.5 Å². The maximum atomic E-state index is 12.6. The third kappa shape index (κ3) is 2.91. The number of hydrogen-bond acceptors (Lipinski definition) is 3. The minimum Gasteiger partial charge on any atom is -0.364 e. The molecule has 0 unspecified atom stereocenters. The highest BCUT2D eigenvalue weighted by molar-refractivity contribution is 6.07. The molecule has 0 aliphatic heterocycles. The van der Waals surface area contributed by atoms with Crippen LogP contribution in [0.3, 0.4) is 0 Å². The molecule has 2 N–H and O–H groups in total. The normalized spacial score (nSPS) is 14.5. The number of rotatable bonds is 3.